The van der Waals surface area contributed by atoms with Crippen LogP contribution in [-0.2, 0) is 20.8 Å². The number of aromatic nitrogens is 3. The number of likely N-dealkylation sites (tertiary alicyclic amines) is 2. The van der Waals surface area contributed by atoms with Gasteiger partial charge in [-0.25, -0.2) is 14.4 Å². The van der Waals surface area contributed by atoms with Crippen LogP contribution in [0.1, 0.15) is 96.6 Å². The van der Waals surface area contributed by atoms with Crippen LogP contribution in [0, 0.1) is 0 Å². The molecular formula is C39H53N7O7. The molecule has 6 heterocycles. The van der Waals surface area contributed by atoms with Gasteiger partial charge < -0.3 is 39.0 Å². The summed E-state index contributed by atoms with van der Waals surface area (Å²) in [4.78, 5) is 49.2. The van der Waals surface area contributed by atoms with Gasteiger partial charge in [-0.05, 0) is 70.8 Å². The smallest absolute Gasteiger partial charge is 0.410 e. The Labute approximate surface area is 311 Å². The van der Waals surface area contributed by atoms with Crippen LogP contribution < -0.4 is 10.1 Å². The average molecular weight is 732 g/mol. The number of benzene rings is 1. The van der Waals surface area contributed by atoms with Gasteiger partial charge in [0.15, 0.2) is 5.65 Å². The lowest BCUT2D eigenvalue weighted by Gasteiger charge is -2.39. The average Bonchev–Trinajstić information content (AvgIpc) is 3.83. The van der Waals surface area contributed by atoms with Gasteiger partial charge in [-0.15, -0.1) is 0 Å². The molecule has 0 spiro atoms. The molecule has 2 aromatic heterocycles. The molecule has 14 heteroatoms. The van der Waals surface area contributed by atoms with E-state index in [1.165, 1.54) is 0 Å². The van der Waals surface area contributed by atoms with Crippen molar-refractivity contribution in [1.82, 2.24) is 29.3 Å². The molecule has 4 fully saturated rings. The van der Waals surface area contributed by atoms with Crippen molar-refractivity contribution < 1.29 is 33.3 Å². The molecule has 1 aromatic carbocycles. The third-order valence-electron chi connectivity index (χ3n) is 10.6. The lowest BCUT2D eigenvalue weighted by Crippen LogP contribution is -2.50. The maximum Gasteiger partial charge on any atom is 0.410 e. The summed E-state index contributed by atoms with van der Waals surface area (Å²) >= 11 is 0. The minimum absolute atomic E-state index is 0.0499. The van der Waals surface area contributed by atoms with E-state index in [1.807, 2.05) is 72.8 Å². The highest BCUT2D eigenvalue weighted by Crippen LogP contribution is 2.38. The third kappa shape index (κ3) is 8.57. The molecule has 0 aliphatic carbocycles. The maximum absolute atomic E-state index is 13.5. The van der Waals surface area contributed by atoms with Crippen molar-refractivity contribution >= 4 is 29.7 Å². The lowest BCUT2D eigenvalue weighted by molar-refractivity contribution is 0.0203. The Morgan fingerprint density at radius 1 is 0.906 bits per heavy atom. The number of nitrogens with one attached hydrogen (secondary N) is 1. The monoisotopic (exact) mass is 731 g/mol. The quantitative estimate of drug-likeness (QED) is 0.253. The van der Waals surface area contributed by atoms with Gasteiger partial charge in [0.2, 0.25) is 5.88 Å². The van der Waals surface area contributed by atoms with E-state index < -0.39 is 5.60 Å². The van der Waals surface area contributed by atoms with Crippen molar-refractivity contribution in [3.05, 3.63) is 53.7 Å². The van der Waals surface area contributed by atoms with Crippen LogP contribution in [0.25, 0.3) is 5.65 Å². The number of rotatable bonds is 8. The number of piperidine rings is 2. The van der Waals surface area contributed by atoms with Gasteiger partial charge in [0.25, 0.3) is 0 Å². The zero-order chi connectivity index (χ0) is 37.3. The highest BCUT2D eigenvalue weighted by molar-refractivity contribution is 5.71. The maximum atomic E-state index is 13.5. The number of amides is 3. The molecule has 53 heavy (non-hydrogen) atoms. The van der Waals surface area contributed by atoms with Gasteiger partial charge in [-0.1, -0.05) is 44.2 Å². The molecule has 1 N–H and O–H groups in total. The SMILES string of the molecule is CC(C)c1cnn2c(NC3CC4CCC(C3)N4C(=O)OC3CCN(C(=O)OC(C)(C)C)C3)cc(O[C@@H]3CCCN(C(=O)OCc4ccccc4)C3)nc12. The number of hydrogen-bond donors (Lipinski definition) is 1. The number of carbonyl (C=O) groups excluding carboxylic acids is 3. The van der Waals surface area contributed by atoms with Gasteiger partial charge in [-0.3, -0.25) is 0 Å². The second kappa shape index (κ2) is 15.3. The van der Waals surface area contributed by atoms with Crippen LogP contribution >= 0.6 is 0 Å². The topological polar surface area (TPSA) is 140 Å². The van der Waals surface area contributed by atoms with Crippen LogP contribution in [0.5, 0.6) is 5.88 Å². The summed E-state index contributed by atoms with van der Waals surface area (Å²) in [6.07, 6.45) is 5.82. The predicted molar refractivity (Wildman–Crippen MR) is 197 cm³/mol. The summed E-state index contributed by atoms with van der Waals surface area (Å²) in [5, 5.41) is 8.45. The van der Waals surface area contributed by atoms with Crippen LogP contribution in [0.15, 0.2) is 42.6 Å². The van der Waals surface area contributed by atoms with E-state index in [-0.39, 0.29) is 61.1 Å². The molecule has 2 bridgehead atoms. The predicted octanol–water partition coefficient (Wildman–Crippen LogP) is 6.59. The van der Waals surface area contributed by atoms with Gasteiger partial charge in [0, 0.05) is 49.3 Å². The molecule has 3 amide bonds. The van der Waals surface area contributed by atoms with Gasteiger partial charge in [0.1, 0.15) is 30.2 Å². The van der Waals surface area contributed by atoms with Crippen molar-refractivity contribution in [1.29, 1.82) is 0 Å². The molecular weight excluding hydrogens is 678 g/mol. The first-order valence-electron chi connectivity index (χ1n) is 19.1. The summed E-state index contributed by atoms with van der Waals surface area (Å²) in [6, 6.07) is 11.8. The Bertz CT molecular complexity index is 1760. The minimum Gasteiger partial charge on any atom is -0.472 e. The zero-order valence-corrected chi connectivity index (χ0v) is 31.5. The summed E-state index contributed by atoms with van der Waals surface area (Å²) in [5.41, 5.74) is 2.12. The number of anilines is 1. The molecule has 4 saturated heterocycles. The third-order valence-corrected chi connectivity index (χ3v) is 10.6. The molecule has 4 aliphatic rings. The van der Waals surface area contributed by atoms with E-state index in [2.05, 4.69) is 19.2 Å². The molecule has 0 radical (unpaired) electrons. The Morgan fingerprint density at radius 2 is 1.62 bits per heavy atom. The highest BCUT2D eigenvalue weighted by Gasteiger charge is 2.45. The largest absolute Gasteiger partial charge is 0.472 e. The fraction of sp³-hybridized carbons (Fsp3) is 0.615. The summed E-state index contributed by atoms with van der Waals surface area (Å²) in [7, 11) is 0. The molecule has 7 rings (SSSR count). The van der Waals surface area contributed by atoms with Crippen molar-refractivity contribution in [2.45, 2.75) is 128 Å². The molecule has 4 atom stereocenters. The van der Waals surface area contributed by atoms with Crippen molar-refractivity contribution in [2.24, 2.45) is 0 Å². The van der Waals surface area contributed by atoms with Crippen LogP contribution in [-0.4, -0.2) is 110 Å². The van der Waals surface area contributed by atoms with E-state index in [1.54, 1.807) is 9.80 Å². The first kappa shape index (κ1) is 36.6. The lowest BCUT2D eigenvalue weighted by atomic mass is 9.98. The number of fused-ring (bicyclic) bond motifs is 3. The first-order valence-corrected chi connectivity index (χ1v) is 19.1. The van der Waals surface area contributed by atoms with Gasteiger partial charge >= 0.3 is 18.3 Å². The summed E-state index contributed by atoms with van der Waals surface area (Å²) in [6.45, 7) is 11.9. The molecule has 3 aromatic rings. The van der Waals surface area contributed by atoms with Crippen molar-refractivity contribution in [3.63, 3.8) is 0 Å². The minimum atomic E-state index is -0.578. The van der Waals surface area contributed by atoms with Crippen LogP contribution in [0.2, 0.25) is 0 Å². The summed E-state index contributed by atoms with van der Waals surface area (Å²) < 4.78 is 25.4. The second-order valence-electron chi connectivity index (χ2n) is 16.2. The Balaban J connectivity index is 0.987. The number of hydrogen-bond acceptors (Lipinski definition) is 10. The zero-order valence-electron chi connectivity index (χ0n) is 31.5. The van der Waals surface area contributed by atoms with E-state index in [0.717, 1.165) is 61.1 Å². The van der Waals surface area contributed by atoms with Gasteiger partial charge in [-0.2, -0.15) is 14.6 Å². The van der Waals surface area contributed by atoms with E-state index in [4.69, 9.17) is 29.0 Å². The fourth-order valence-corrected chi connectivity index (χ4v) is 8.03. The normalized spacial score (nSPS) is 24.4. The molecule has 3 unspecified atom stereocenters. The summed E-state index contributed by atoms with van der Waals surface area (Å²) in [5.74, 6) is 1.46. The molecule has 4 aliphatic heterocycles. The van der Waals surface area contributed by atoms with Crippen molar-refractivity contribution in [2.75, 3.05) is 31.5 Å². The Morgan fingerprint density at radius 3 is 2.34 bits per heavy atom. The van der Waals surface area contributed by atoms with Crippen LogP contribution in [0.4, 0.5) is 20.2 Å². The number of carbonyl (C=O) groups is 3. The van der Waals surface area contributed by atoms with E-state index in [0.29, 0.717) is 38.5 Å². The van der Waals surface area contributed by atoms with Crippen LogP contribution in [0.3, 0.4) is 0 Å². The standard InChI is InChI=1S/C39H53N7O7/c1-25(2)32-21-40-46-33(20-34(42-35(32)46)51-30-12-9-16-43(22-30)36(47)50-24-26-10-7-6-8-11-26)41-27-18-28-13-14-29(19-27)45(28)38(49)52-31-15-17-44(23-31)37(48)53-39(3,4)5/h6-8,10-11,20-21,25,27-31,41H,9,12-19,22-24H2,1-5H3/t27?,28?,29?,30-,31?/m1/s1. The first-order chi connectivity index (χ1) is 25.4. The molecule has 0 saturated carbocycles. The molecule has 286 valence electrons. The van der Waals surface area contributed by atoms with E-state index in [9.17, 15) is 14.4 Å². The number of ether oxygens (including phenoxy) is 4. The number of nitrogens with zero attached hydrogens (tertiary/aromatic N) is 6. The Kier molecular flexibility index (Phi) is 10.6. The van der Waals surface area contributed by atoms with Gasteiger partial charge in [0.05, 0.1) is 19.3 Å². The fourth-order valence-electron chi connectivity index (χ4n) is 8.03. The molecule has 14 nitrogen and oxygen atoms in total. The highest BCUT2D eigenvalue weighted by atomic mass is 16.6. The van der Waals surface area contributed by atoms with Crippen molar-refractivity contribution in [3.8, 4) is 5.88 Å². The Hall–Kier alpha value is -4.75. The second-order valence-corrected chi connectivity index (χ2v) is 16.2. The van der Waals surface area contributed by atoms with E-state index >= 15 is 0 Å².